The van der Waals surface area contributed by atoms with Crippen molar-refractivity contribution >= 4 is 10.8 Å². The van der Waals surface area contributed by atoms with Gasteiger partial charge in [-0.2, -0.15) is 0 Å². The normalized spacial score (nSPS) is 21.3. The lowest BCUT2D eigenvalue weighted by atomic mass is 9.88. The molecule has 0 bridgehead atoms. The lowest BCUT2D eigenvalue weighted by molar-refractivity contribution is 0.214. The van der Waals surface area contributed by atoms with Gasteiger partial charge < -0.3 is 5.73 Å². The first kappa shape index (κ1) is 11.6. The number of piperidine rings is 1. The number of hydrogen-bond donors (Lipinski definition) is 1. The van der Waals surface area contributed by atoms with Gasteiger partial charge in [0.25, 0.3) is 0 Å². The van der Waals surface area contributed by atoms with E-state index in [9.17, 15) is 0 Å². The van der Waals surface area contributed by atoms with Crippen molar-refractivity contribution < 1.29 is 0 Å². The first-order chi connectivity index (χ1) is 8.88. The number of rotatable bonds is 2. The summed E-state index contributed by atoms with van der Waals surface area (Å²) in [5.41, 5.74) is 7.22. The summed E-state index contributed by atoms with van der Waals surface area (Å²) in [7, 11) is 0. The summed E-state index contributed by atoms with van der Waals surface area (Å²) in [5, 5.41) is 2.58. The molecule has 2 heterocycles. The summed E-state index contributed by atoms with van der Waals surface area (Å²) in [5.74, 6) is 0.605. The van der Waals surface area contributed by atoms with E-state index in [1.807, 2.05) is 12.4 Å². The fourth-order valence-corrected chi connectivity index (χ4v) is 2.98. The van der Waals surface area contributed by atoms with Crippen molar-refractivity contribution in [2.75, 3.05) is 19.8 Å². The molecule has 1 fully saturated rings. The molecular formula is C15H19N3. The Kier molecular flexibility index (Phi) is 3.26. The van der Waals surface area contributed by atoms with E-state index in [4.69, 9.17) is 5.73 Å². The second kappa shape index (κ2) is 5.04. The SMILES string of the molecule is NCN1CCCC(c2cccc3cnccc23)C1. The molecule has 3 nitrogen and oxygen atoms in total. The number of likely N-dealkylation sites (tertiary alicyclic amines) is 1. The Hall–Kier alpha value is -1.45. The summed E-state index contributed by atoms with van der Waals surface area (Å²) in [6, 6.07) is 8.66. The summed E-state index contributed by atoms with van der Waals surface area (Å²) in [6.45, 7) is 2.89. The molecule has 0 aliphatic carbocycles. The fraction of sp³-hybridized carbons (Fsp3) is 0.400. The van der Waals surface area contributed by atoms with Crippen molar-refractivity contribution in [2.24, 2.45) is 5.73 Å². The van der Waals surface area contributed by atoms with Gasteiger partial charge in [-0.25, -0.2) is 0 Å². The third kappa shape index (κ3) is 2.11. The second-order valence-electron chi connectivity index (χ2n) is 5.04. The van der Waals surface area contributed by atoms with Gasteiger partial charge in [-0.1, -0.05) is 18.2 Å². The van der Waals surface area contributed by atoms with Crippen LogP contribution in [-0.2, 0) is 0 Å². The zero-order valence-corrected chi connectivity index (χ0v) is 10.5. The summed E-state index contributed by atoms with van der Waals surface area (Å²) in [6.07, 6.45) is 6.33. The lowest BCUT2D eigenvalue weighted by Gasteiger charge is -2.32. The van der Waals surface area contributed by atoms with Crippen LogP contribution in [0.5, 0.6) is 0 Å². The number of aromatic nitrogens is 1. The smallest absolute Gasteiger partial charge is 0.0455 e. The minimum Gasteiger partial charge on any atom is -0.318 e. The third-order valence-corrected chi connectivity index (χ3v) is 3.92. The minimum atomic E-state index is 0.605. The first-order valence-electron chi connectivity index (χ1n) is 6.63. The Morgan fingerprint density at radius 3 is 3.17 bits per heavy atom. The Morgan fingerprint density at radius 1 is 1.33 bits per heavy atom. The Labute approximate surface area is 108 Å². The molecule has 2 aromatic rings. The number of benzene rings is 1. The molecule has 1 aliphatic heterocycles. The highest BCUT2D eigenvalue weighted by Gasteiger charge is 2.21. The van der Waals surface area contributed by atoms with Gasteiger partial charge in [-0.05, 0) is 42.3 Å². The molecule has 1 saturated heterocycles. The van der Waals surface area contributed by atoms with E-state index >= 15 is 0 Å². The Balaban J connectivity index is 1.98. The molecule has 1 aliphatic rings. The summed E-state index contributed by atoms with van der Waals surface area (Å²) >= 11 is 0. The van der Waals surface area contributed by atoms with Crippen LogP contribution in [0, 0.1) is 0 Å². The molecule has 1 unspecified atom stereocenters. The van der Waals surface area contributed by atoms with E-state index in [0.717, 1.165) is 13.1 Å². The Morgan fingerprint density at radius 2 is 2.28 bits per heavy atom. The number of fused-ring (bicyclic) bond motifs is 1. The zero-order valence-electron chi connectivity index (χ0n) is 10.5. The molecule has 0 spiro atoms. The van der Waals surface area contributed by atoms with Crippen LogP contribution in [0.4, 0.5) is 0 Å². The van der Waals surface area contributed by atoms with E-state index < -0.39 is 0 Å². The molecule has 1 atom stereocenters. The largest absolute Gasteiger partial charge is 0.318 e. The fourth-order valence-electron chi connectivity index (χ4n) is 2.98. The average molecular weight is 241 g/mol. The molecule has 1 aromatic carbocycles. The van der Waals surface area contributed by atoms with Crippen LogP contribution in [0.2, 0.25) is 0 Å². The van der Waals surface area contributed by atoms with Gasteiger partial charge in [0.15, 0.2) is 0 Å². The van der Waals surface area contributed by atoms with Crippen LogP contribution in [0.25, 0.3) is 10.8 Å². The molecule has 3 rings (SSSR count). The molecule has 0 radical (unpaired) electrons. The molecule has 1 aromatic heterocycles. The predicted molar refractivity (Wildman–Crippen MR) is 74.3 cm³/mol. The second-order valence-corrected chi connectivity index (χ2v) is 5.04. The van der Waals surface area contributed by atoms with E-state index in [-0.39, 0.29) is 0 Å². The maximum Gasteiger partial charge on any atom is 0.0455 e. The van der Waals surface area contributed by atoms with Gasteiger partial charge in [0, 0.05) is 31.0 Å². The number of hydrogen-bond acceptors (Lipinski definition) is 3. The van der Waals surface area contributed by atoms with Crippen LogP contribution < -0.4 is 5.73 Å². The van der Waals surface area contributed by atoms with E-state index in [0.29, 0.717) is 12.6 Å². The molecule has 2 N–H and O–H groups in total. The van der Waals surface area contributed by atoms with Crippen molar-refractivity contribution in [1.82, 2.24) is 9.88 Å². The van der Waals surface area contributed by atoms with Crippen molar-refractivity contribution in [3.8, 4) is 0 Å². The van der Waals surface area contributed by atoms with Crippen LogP contribution >= 0.6 is 0 Å². The standard InChI is InChI=1S/C15H19N3/c16-11-18-8-2-4-13(10-18)14-5-1-3-12-9-17-7-6-15(12)14/h1,3,5-7,9,13H,2,4,8,10-11,16H2. The van der Waals surface area contributed by atoms with Crippen LogP contribution in [0.15, 0.2) is 36.7 Å². The zero-order chi connectivity index (χ0) is 12.4. The highest BCUT2D eigenvalue weighted by Crippen LogP contribution is 2.31. The molecular weight excluding hydrogens is 222 g/mol. The van der Waals surface area contributed by atoms with Crippen LogP contribution in [-0.4, -0.2) is 29.6 Å². The molecule has 0 saturated carbocycles. The average Bonchev–Trinajstić information content (AvgIpc) is 2.47. The third-order valence-electron chi connectivity index (χ3n) is 3.92. The minimum absolute atomic E-state index is 0.605. The number of pyridine rings is 1. The first-order valence-corrected chi connectivity index (χ1v) is 6.63. The van der Waals surface area contributed by atoms with Crippen LogP contribution in [0.1, 0.15) is 24.3 Å². The Bertz CT molecular complexity index is 533. The van der Waals surface area contributed by atoms with Gasteiger partial charge in [0.1, 0.15) is 0 Å². The molecule has 0 amide bonds. The lowest BCUT2D eigenvalue weighted by Crippen LogP contribution is -2.38. The maximum atomic E-state index is 5.77. The van der Waals surface area contributed by atoms with E-state index in [2.05, 4.69) is 34.1 Å². The van der Waals surface area contributed by atoms with Gasteiger partial charge in [0.2, 0.25) is 0 Å². The summed E-state index contributed by atoms with van der Waals surface area (Å²) in [4.78, 5) is 6.54. The van der Waals surface area contributed by atoms with Gasteiger partial charge >= 0.3 is 0 Å². The van der Waals surface area contributed by atoms with Gasteiger partial charge in [0.05, 0.1) is 0 Å². The molecule has 94 valence electrons. The number of nitrogens with two attached hydrogens (primary N) is 1. The highest BCUT2D eigenvalue weighted by atomic mass is 15.2. The maximum absolute atomic E-state index is 5.77. The quantitative estimate of drug-likeness (QED) is 0.877. The predicted octanol–water partition coefficient (Wildman–Crippen LogP) is 2.33. The van der Waals surface area contributed by atoms with Crippen molar-refractivity contribution in [1.29, 1.82) is 0 Å². The molecule has 18 heavy (non-hydrogen) atoms. The van der Waals surface area contributed by atoms with Crippen molar-refractivity contribution in [3.63, 3.8) is 0 Å². The van der Waals surface area contributed by atoms with Crippen molar-refractivity contribution in [2.45, 2.75) is 18.8 Å². The van der Waals surface area contributed by atoms with Crippen molar-refractivity contribution in [3.05, 3.63) is 42.2 Å². The summed E-state index contributed by atoms with van der Waals surface area (Å²) < 4.78 is 0. The monoisotopic (exact) mass is 241 g/mol. The molecule has 3 heteroatoms. The van der Waals surface area contributed by atoms with E-state index in [1.54, 1.807) is 0 Å². The highest BCUT2D eigenvalue weighted by molar-refractivity contribution is 5.85. The number of nitrogens with zero attached hydrogens (tertiary/aromatic N) is 2. The topological polar surface area (TPSA) is 42.1 Å². The van der Waals surface area contributed by atoms with Crippen LogP contribution in [0.3, 0.4) is 0 Å². The van der Waals surface area contributed by atoms with Gasteiger partial charge in [-0.15, -0.1) is 0 Å². The van der Waals surface area contributed by atoms with E-state index in [1.165, 1.54) is 29.2 Å². The van der Waals surface area contributed by atoms with Gasteiger partial charge in [-0.3, -0.25) is 9.88 Å².